The van der Waals surface area contributed by atoms with Crippen LogP contribution in [0.3, 0.4) is 0 Å². The van der Waals surface area contributed by atoms with E-state index in [1.807, 2.05) is 7.05 Å². The summed E-state index contributed by atoms with van der Waals surface area (Å²) in [6.45, 7) is 1.67. The number of rotatable bonds is 4. The number of hydrogen-bond donors (Lipinski definition) is 3. The minimum atomic E-state index is -3.96. The summed E-state index contributed by atoms with van der Waals surface area (Å²) in [6.07, 6.45) is 2.15. The Kier molecular flexibility index (Phi) is 5.33. The molecule has 2 unspecified atom stereocenters. The molecule has 1 aliphatic carbocycles. The number of halogens is 1. The number of carbonyl (C=O) groups excluding carboxylic acids is 1. The van der Waals surface area contributed by atoms with Crippen molar-refractivity contribution in [3.05, 3.63) is 44.9 Å². The third kappa shape index (κ3) is 3.54. The number of hydrogen-bond acceptors (Lipinski definition) is 7. The van der Waals surface area contributed by atoms with Crippen molar-refractivity contribution in [2.75, 3.05) is 13.6 Å². The molecule has 2 aromatic heterocycles. The van der Waals surface area contributed by atoms with E-state index in [0.29, 0.717) is 33.8 Å². The summed E-state index contributed by atoms with van der Waals surface area (Å²) in [5.74, 6) is -0.368. The lowest BCUT2D eigenvalue weighted by Crippen LogP contribution is -2.59. The van der Waals surface area contributed by atoms with E-state index in [2.05, 4.69) is 20.2 Å². The number of thiazole rings is 1. The van der Waals surface area contributed by atoms with Gasteiger partial charge in [-0.15, -0.1) is 11.3 Å². The largest absolute Gasteiger partial charge is 0.346 e. The Bertz CT molecular complexity index is 1320. The van der Waals surface area contributed by atoms with Crippen LogP contribution in [0.2, 0.25) is 5.02 Å². The average molecular weight is 494 g/mol. The van der Waals surface area contributed by atoms with Gasteiger partial charge in [-0.3, -0.25) is 4.79 Å². The summed E-state index contributed by atoms with van der Waals surface area (Å²) in [4.78, 5) is 22.1. The van der Waals surface area contributed by atoms with Crippen LogP contribution in [0.4, 0.5) is 0 Å². The zero-order valence-electron chi connectivity index (χ0n) is 17.5. The van der Waals surface area contributed by atoms with E-state index < -0.39 is 20.8 Å². The number of amides is 1. The van der Waals surface area contributed by atoms with E-state index in [9.17, 15) is 13.2 Å². The molecule has 3 heterocycles. The van der Waals surface area contributed by atoms with E-state index in [1.165, 1.54) is 11.3 Å². The molecule has 1 aliphatic heterocycles. The van der Waals surface area contributed by atoms with E-state index >= 15 is 0 Å². The molecule has 1 fully saturated rings. The highest BCUT2D eigenvalue weighted by atomic mass is 35.5. The first-order valence-corrected chi connectivity index (χ1v) is 13.1. The fourth-order valence-corrected chi connectivity index (χ4v) is 7.76. The molecule has 32 heavy (non-hydrogen) atoms. The van der Waals surface area contributed by atoms with Crippen LogP contribution in [0.25, 0.3) is 10.9 Å². The lowest BCUT2D eigenvalue weighted by Gasteiger charge is -2.30. The molecule has 4 N–H and O–H groups in total. The predicted octanol–water partition coefficient (Wildman–Crippen LogP) is 2.68. The number of nitrogens with two attached hydrogens (primary N) is 1. The number of aromatic nitrogens is 2. The van der Waals surface area contributed by atoms with Crippen LogP contribution in [0, 0.1) is 0 Å². The second-order valence-electron chi connectivity index (χ2n) is 8.62. The Hall–Kier alpha value is -1.98. The Morgan fingerprint density at radius 2 is 2.22 bits per heavy atom. The number of likely N-dealkylation sites (N-methyl/N-ethyl adjacent to an activating group) is 1. The third-order valence-corrected chi connectivity index (χ3v) is 10.0. The van der Waals surface area contributed by atoms with E-state index in [-0.39, 0.29) is 17.4 Å². The molecule has 2 atom stereocenters. The molecule has 0 spiro atoms. The van der Waals surface area contributed by atoms with Gasteiger partial charge in [0.05, 0.1) is 11.7 Å². The number of carbonyl (C=O) groups is 1. The van der Waals surface area contributed by atoms with E-state index in [1.54, 1.807) is 24.3 Å². The smallest absolute Gasteiger partial charge is 0.280 e. The molecule has 170 valence electrons. The highest BCUT2D eigenvalue weighted by molar-refractivity contribution is 7.92. The molecule has 8 nitrogen and oxygen atoms in total. The van der Waals surface area contributed by atoms with Gasteiger partial charge in [-0.25, -0.2) is 13.4 Å². The number of aromatic amines is 1. The molecule has 1 saturated carbocycles. The van der Waals surface area contributed by atoms with Crippen LogP contribution in [0.5, 0.6) is 0 Å². The Morgan fingerprint density at radius 3 is 3.03 bits per heavy atom. The van der Waals surface area contributed by atoms with Gasteiger partial charge in [0.1, 0.15) is 9.90 Å². The highest BCUT2D eigenvalue weighted by Gasteiger charge is 2.52. The quantitative estimate of drug-likeness (QED) is 0.513. The van der Waals surface area contributed by atoms with Gasteiger partial charge in [0.2, 0.25) is 9.84 Å². The van der Waals surface area contributed by atoms with Crippen LogP contribution in [0.1, 0.15) is 39.6 Å². The third-order valence-electron chi connectivity index (χ3n) is 6.42. The van der Waals surface area contributed by atoms with Crippen molar-refractivity contribution in [3.8, 4) is 0 Å². The number of fused-ring (bicyclic) bond motifs is 2. The normalized spacial score (nSPS) is 24.0. The second kappa shape index (κ2) is 7.81. The van der Waals surface area contributed by atoms with Crippen molar-refractivity contribution in [1.82, 2.24) is 20.2 Å². The van der Waals surface area contributed by atoms with Crippen LogP contribution in [-0.2, 0) is 22.8 Å². The number of benzene rings is 1. The van der Waals surface area contributed by atoms with Crippen molar-refractivity contribution in [2.24, 2.45) is 5.73 Å². The first kappa shape index (κ1) is 21.8. The fourth-order valence-electron chi connectivity index (χ4n) is 4.58. The Balaban J connectivity index is 1.41. The van der Waals surface area contributed by atoms with E-state index in [4.69, 9.17) is 17.3 Å². The van der Waals surface area contributed by atoms with E-state index in [0.717, 1.165) is 30.1 Å². The molecule has 11 heteroatoms. The summed E-state index contributed by atoms with van der Waals surface area (Å²) in [5.41, 5.74) is 8.15. The van der Waals surface area contributed by atoms with Crippen LogP contribution < -0.4 is 11.1 Å². The first-order chi connectivity index (χ1) is 15.2. The van der Waals surface area contributed by atoms with Gasteiger partial charge in [-0.1, -0.05) is 11.6 Å². The number of sulfone groups is 1. The van der Waals surface area contributed by atoms with Gasteiger partial charge in [0.15, 0.2) is 5.01 Å². The van der Waals surface area contributed by atoms with Crippen molar-refractivity contribution in [1.29, 1.82) is 0 Å². The SMILES string of the molecule is CN1CCc2nc(C(=O)NC3CCCC3(N)S(=O)(=O)c3cc4cc(Cl)ccc4[nH]3)sc2C1. The van der Waals surface area contributed by atoms with Gasteiger partial charge in [-0.05, 0) is 50.6 Å². The summed E-state index contributed by atoms with van der Waals surface area (Å²) >= 11 is 7.40. The van der Waals surface area contributed by atoms with Crippen molar-refractivity contribution in [2.45, 2.75) is 48.2 Å². The number of nitrogens with one attached hydrogen (secondary N) is 2. The summed E-state index contributed by atoms with van der Waals surface area (Å²) in [5, 5.41) is 4.48. The zero-order chi connectivity index (χ0) is 22.7. The molecule has 0 radical (unpaired) electrons. The minimum Gasteiger partial charge on any atom is -0.346 e. The standard InChI is InChI=1S/C21H24ClN5O3S2/c1-27-8-6-15-16(11-27)31-20(25-15)19(28)26-17-3-2-7-21(17,23)32(29,30)18-10-12-9-13(22)4-5-14(12)24-18/h4-5,9-10,17,24H,2-3,6-8,11,23H2,1H3,(H,26,28). The number of nitrogens with zero attached hydrogens (tertiary/aromatic N) is 2. The molecular formula is C21H24ClN5O3S2. The minimum absolute atomic E-state index is 0.0335. The number of H-pyrrole nitrogens is 1. The highest BCUT2D eigenvalue weighted by Crippen LogP contribution is 2.38. The summed E-state index contributed by atoms with van der Waals surface area (Å²) in [7, 11) is -1.92. The molecule has 2 aliphatic rings. The predicted molar refractivity (Wildman–Crippen MR) is 125 cm³/mol. The van der Waals surface area contributed by atoms with Gasteiger partial charge < -0.3 is 20.9 Å². The maximum atomic E-state index is 13.6. The topological polar surface area (TPSA) is 121 Å². The first-order valence-electron chi connectivity index (χ1n) is 10.5. The molecule has 5 rings (SSSR count). The van der Waals surface area contributed by atoms with Gasteiger partial charge in [0.25, 0.3) is 5.91 Å². The fraction of sp³-hybridized carbons (Fsp3) is 0.429. The van der Waals surface area contributed by atoms with Gasteiger partial charge in [-0.2, -0.15) is 0 Å². The molecular weight excluding hydrogens is 470 g/mol. The van der Waals surface area contributed by atoms with Crippen LogP contribution in [-0.4, -0.2) is 53.7 Å². The molecule has 1 amide bonds. The van der Waals surface area contributed by atoms with Gasteiger partial charge >= 0.3 is 0 Å². The molecule has 1 aromatic carbocycles. The maximum Gasteiger partial charge on any atom is 0.280 e. The lowest BCUT2D eigenvalue weighted by molar-refractivity contribution is 0.0930. The van der Waals surface area contributed by atoms with Gasteiger partial charge in [0, 0.05) is 40.3 Å². The van der Waals surface area contributed by atoms with Crippen molar-refractivity contribution in [3.63, 3.8) is 0 Å². The maximum absolute atomic E-state index is 13.6. The Labute approximate surface area is 195 Å². The van der Waals surface area contributed by atoms with Crippen molar-refractivity contribution >= 4 is 49.6 Å². The van der Waals surface area contributed by atoms with Crippen LogP contribution >= 0.6 is 22.9 Å². The lowest BCUT2D eigenvalue weighted by atomic mass is 10.2. The zero-order valence-corrected chi connectivity index (χ0v) is 19.9. The second-order valence-corrected chi connectivity index (χ2v) is 12.3. The molecule has 3 aromatic rings. The Morgan fingerprint density at radius 1 is 1.41 bits per heavy atom. The average Bonchev–Trinajstić information content (AvgIpc) is 3.45. The van der Waals surface area contributed by atoms with Crippen LogP contribution in [0.15, 0.2) is 29.3 Å². The molecule has 0 saturated heterocycles. The van der Waals surface area contributed by atoms with Crippen molar-refractivity contribution < 1.29 is 13.2 Å². The summed E-state index contributed by atoms with van der Waals surface area (Å²) < 4.78 is 27.2. The monoisotopic (exact) mass is 493 g/mol. The molecule has 0 bridgehead atoms. The summed E-state index contributed by atoms with van der Waals surface area (Å²) in [6, 6.07) is 5.96.